The fourth-order valence-corrected chi connectivity index (χ4v) is 4.92. The summed E-state index contributed by atoms with van der Waals surface area (Å²) in [6, 6.07) is 26.5. The molecule has 1 heterocycles. The van der Waals surface area contributed by atoms with Gasteiger partial charge in [0.25, 0.3) is 5.19 Å². The van der Waals surface area contributed by atoms with Gasteiger partial charge < -0.3 is 15.4 Å². The minimum atomic E-state index is -0.151. The average molecular weight is 487 g/mol. The predicted octanol–water partition coefficient (Wildman–Crippen LogP) is 6.31. The van der Waals surface area contributed by atoms with E-state index in [4.69, 9.17) is 4.74 Å². The number of nitrogens with one attached hydrogen (secondary N) is 2. The van der Waals surface area contributed by atoms with Crippen LogP contribution in [0.3, 0.4) is 0 Å². The fourth-order valence-electron chi connectivity index (χ4n) is 4.09. The normalized spacial score (nSPS) is 13.2. The van der Waals surface area contributed by atoms with Crippen molar-refractivity contribution in [2.24, 2.45) is 0 Å². The number of ether oxygens (including phenoxy) is 1. The van der Waals surface area contributed by atoms with Gasteiger partial charge in [-0.05, 0) is 67.6 Å². The highest BCUT2D eigenvalue weighted by Gasteiger charge is 2.28. The summed E-state index contributed by atoms with van der Waals surface area (Å²) in [4.78, 5) is 19.2. The molecule has 180 valence electrons. The third-order valence-electron chi connectivity index (χ3n) is 6.09. The highest BCUT2D eigenvalue weighted by Crippen LogP contribution is 2.31. The Hall–Kier alpha value is -3.42. The second-order valence-corrected chi connectivity index (χ2v) is 9.80. The van der Waals surface area contributed by atoms with Gasteiger partial charge in [-0.15, -0.1) is 0 Å². The smallest absolute Gasteiger partial charge is 0.319 e. The summed E-state index contributed by atoms with van der Waals surface area (Å²) < 4.78 is 7.10. The molecule has 0 saturated heterocycles. The summed E-state index contributed by atoms with van der Waals surface area (Å²) in [6.07, 6.45) is 4.49. The zero-order valence-corrected chi connectivity index (χ0v) is 20.5. The third-order valence-corrected chi connectivity index (χ3v) is 7.01. The minimum absolute atomic E-state index is 0.151. The molecule has 7 heteroatoms. The van der Waals surface area contributed by atoms with Gasteiger partial charge in [0, 0.05) is 31.4 Å². The third kappa shape index (κ3) is 6.81. The highest BCUT2D eigenvalue weighted by atomic mass is 32.1. The largest absolute Gasteiger partial charge is 0.431 e. The Balaban J connectivity index is 1.05. The van der Waals surface area contributed by atoms with Crippen molar-refractivity contribution < 1.29 is 9.53 Å². The van der Waals surface area contributed by atoms with Crippen molar-refractivity contribution >= 4 is 33.3 Å². The molecule has 35 heavy (non-hydrogen) atoms. The zero-order valence-electron chi connectivity index (χ0n) is 19.7. The van der Waals surface area contributed by atoms with Gasteiger partial charge in [-0.25, -0.2) is 9.78 Å². The fraction of sp³-hybridized carbons (Fsp3) is 0.286. The molecule has 1 aliphatic rings. The summed E-state index contributed by atoms with van der Waals surface area (Å²) >= 11 is 1.56. The molecule has 0 atom stereocenters. The molecule has 1 aromatic heterocycles. The molecule has 0 unspecified atom stereocenters. The van der Waals surface area contributed by atoms with Gasteiger partial charge in [0.2, 0.25) is 0 Å². The van der Waals surface area contributed by atoms with Crippen molar-refractivity contribution in [1.82, 2.24) is 15.2 Å². The molecule has 2 amide bonds. The Morgan fingerprint density at radius 2 is 1.74 bits per heavy atom. The molecule has 2 N–H and O–H groups in total. The van der Waals surface area contributed by atoms with Crippen LogP contribution < -0.4 is 15.4 Å². The van der Waals surface area contributed by atoms with Crippen LogP contribution in [0.5, 0.6) is 10.9 Å². The summed E-state index contributed by atoms with van der Waals surface area (Å²) in [5, 5.41) is 6.49. The lowest BCUT2D eigenvalue weighted by atomic mass is 10.1. The molecule has 4 aromatic rings. The number of hydrogen-bond acceptors (Lipinski definition) is 5. The summed E-state index contributed by atoms with van der Waals surface area (Å²) in [5.41, 5.74) is 3.07. The van der Waals surface area contributed by atoms with Crippen molar-refractivity contribution in [3.05, 3.63) is 84.4 Å². The van der Waals surface area contributed by atoms with Crippen LogP contribution in [-0.4, -0.2) is 41.6 Å². The first-order chi connectivity index (χ1) is 17.2. The lowest BCUT2D eigenvalue weighted by Gasteiger charge is -2.22. The molecule has 1 aliphatic carbocycles. The van der Waals surface area contributed by atoms with Crippen LogP contribution in [0.15, 0.2) is 78.9 Å². The molecule has 1 saturated carbocycles. The molecular formula is C28H30N4O2S. The maximum atomic E-state index is 12.1. The van der Waals surface area contributed by atoms with E-state index in [1.54, 1.807) is 11.3 Å². The van der Waals surface area contributed by atoms with E-state index in [9.17, 15) is 4.79 Å². The van der Waals surface area contributed by atoms with Crippen molar-refractivity contribution in [3.8, 4) is 10.9 Å². The molecule has 0 aliphatic heterocycles. The predicted molar refractivity (Wildman–Crippen MR) is 143 cm³/mol. The van der Waals surface area contributed by atoms with Crippen LogP contribution in [0.2, 0.25) is 0 Å². The van der Waals surface area contributed by atoms with Crippen LogP contribution in [0.1, 0.15) is 24.8 Å². The topological polar surface area (TPSA) is 66.5 Å². The zero-order chi connectivity index (χ0) is 23.9. The summed E-state index contributed by atoms with van der Waals surface area (Å²) in [5.74, 6) is 0.812. The number of aromatic nitrogens is 1. The Labute approximate surface area is 210 Å². The Morgan fingerprint density at radius 3 is 2.51 bits per heavy atom. The van der Waals surface area contributed by atoms with Gasteiger partial charge in [0.15, 0.2) is 0 Å². The van der Waals surface area contributed by atoms with E-state index in [1.807, 2.05) is 60.7 Å². The minimum Gasteiger partial charge on any atom is -0.431 e. The van der Waals surface area contributed by atoms with Crippen LogP contribution in [0, 0.1) is 0 Å². The van der Waals surface area contributed by atoms with Crippen LogP contribution in [0.4, 0.5) is 10.5 Å². The SMILES string of the molecule is O=C(NCCCN(CCc1ccc(Oc2nc3ccccc3s2)cc1)C1CC1)Nc1ccccc1. The van der Waals surface area contributed by atoms with E-state index in [0.717, 1.165) is 47.6 Å². The van der Waals surface area contributed by atoms with E-state index < -0.39 is 0 Å². The van der Waals surface area contributed by atoms with E-state index >= 15 is 0 Å². The standard InChI is InChI=1S/C28H30N4O2S/c33-27(30-22-7-2-1-3-8-22)29-18-6-19-32(23-13-14-23)20-17-21-11-15-24(16-12-21)34-28-31-25-9-4-5-10-26(25)35-28/h1-5,7-12,15-16,23H,6,13-14,17-20H2,(H2,29,30,33). The number of rotatable bonds is 11. The Kier molecular flexibility index (Phi) is 7.56. The van der Waals surface area contributed by atoms with E-state index in [2.05, 4.69) is 38.7 Å². The Morgan fingerprint density at radius 1 is 0.971 bits per heavy atom. The number of fused-ring (bicyclic) bond motifs is 1. The molecule has 1 fully saturated rings. The average Bonchev–Trinajstić information content (AvgIpc) is 3.64. The van der Waals surface area contributed by atoms with Crippen molar-refractivity contribution in [3.63, 3.8) is 0 Å². The number of hydrogen-bond donors (Lipinski definition) is 2. The first-order valence-electron chi connectivity index (χ1n) is 12.2. The summed E-state index contributed by atoms with van der Waals surface area (Å²) in [6.45, 7) is 2.69. The maximum absolute atomic E-state index is 12.1. The first-order valence-corrected chi connectivity index (χ1v) is 13.0. The van der Waals surface area contributed by atoms with Crippen LogP contribution >= 0.6 is 11.3 Å². The number of nitrogens with zero attached hydrogens (tertiary/aromatic N) is 2. The van der Waals surface area contributed by atoms with Gasteiger partial charge in [0.1, 0.15) is 5.75 Å². The number of urea groups is 1. The summed E-state index contributed by atoms with van der Waals surface area (Å²) in [7, 11) is 0. The lowest BCUT2D eigenvalue weighted by Crippen LogP contribution is -2.34. The van der Waals surface area contributed by atoms with Gasteiger partial charge in [-0.1, -0.05) is 53.8 Å². The van der Waals surface area contributed by atoms with Crippen molar-refractivity contribution in [1.29, 1.82) is 0 Å². The molecule has 0 spiro atoms. The lowest BCUT2D eigenvalue weighted by molar-refractivity contribution is 0.246. The molecule has 0 radical (unpaired) electrons. The molecule has 6 nitrogen and oxygen atoms in total. The number of para-hydroxylation sites is 2. The molecule has 5 rings (SSSR count). The molecular weight excluding hydrogens is 456 g/mol. The van der Waals surface area contributed by atoms with E-state index in [0.29, 0.717) is 17.8 Å². The van der Waals surface area contributed by atoms with Gasteiger partial charge in [0.05, 0.1) is 10.2 Å². The number of thiazole rings is 1. The number of carbonyl (C=O) groups excluding carboxylic acids is 1. The second kappa shape index (κ2) is 11.3. The number of benzene rings is 3. The second-order valence-electron chi connectivity index (χ2n) is 8.81. The van der Waals surface area contributed by atoms with Gasteiger partial charge in [-0.2, -0.15) is 0 Å². The number of anilines is 1. The molecule has 3 aromatic carbocycles. The van der Waals surface area contributed by atoms with E-state index in [-0.39, 0.29) is 6.03 Å². The number of carbonyl (C=O) groups is 1. The van der Waals surface area contributed by atoms with Crippen LogP contribution in [0.25, 0.3) is 10.2 Å². The maximum Gasteiger partial charge on any atom is 0.319 e. The highest BCUT2D eigenvalue weighted by molar-refractivity contribution is 7.20. The Bertz CT molecular complexity index is 1210. The first kappa shape index (κ1) is 23.3. The van der Waals surface area contributed by atoms with Crippen molar-refractivity contribution in [2.45, 2.75) is 31.7 Å². The van der Waals surface area contributed by atoms with E-state index in [1.165, 1.54) is 18.4 Å². The molecule has 0 bridgehead atoms. The van der Waals surface area contributed by atoms with Crippen molar-refractivity contribution in [2.75, 3.05) is 25.0 Å². The van der Waals surface area contributed by atoms with Crippen LogP contribution in [-0.2, 0) is 6.42 Å². The number of amides is 2. The van der Waals surface area contributed by atoms with Gasteiger partial charge >= 0.3 is 6.03 Å². The quantitative estimate of drug-likeness (QED) is 0.244. The van der Waals surface area contributed by atoms with Gasteiger partial charge in [-0.3, -0.25) is 4.90 Å². The monoisotopic (exact) mass is 486 g/mol.